The summed E-state index contributed by atoms with van der Waals surface area (Å²) < 4.78 is 0. The molecule has 0 saturated carbocycles. The Bertz CT molecular complexity index is 88.2. The second kappa shape index (κ2) is 2.99. The molecule has 1 aliphatic heterocycles. The molecule has 0 aliphatic carbocycles. The fourth-order valence-electron chi connectivity index (χ4n) is 0.763. The zero-order chi connectivity index (χ0) is 6.85. The molecule has 0 aromatic carbocycles. The predicted molar refractivity (Wildman–Crippen MR) is 33.4 cm³/mol. The minimum absolute atomic E-state index is 0.318. The van der Waals surface area contributed by atoms with Crippen LogP contribution in [0.5, 0.6) is 0 Å². The Morgan fingerprint density at radius 3 is 1.78 bits per heavy atom. The summed E-state index contributed by atoms with van der Waals surface area (Å²) in [5.41, 5.74) is 0. The van der Waals surface area contributed by atoms with E-state index in [0.29, 0.717) is 25.6 Å². The molecule has 9 heavy (non-hydrogen) atoms. The van der Waals surface area contributed by atoms with Gasteiger partial charge in [-0.1, -0.05) is 0 Å². The van der Waals surface area contributed by atoms with E-state index in [1.807, 2.05) is 0 Å². The summed E-state index contributed by atoms with van der Waals surface area (Å²) in [6.45, 7) is 0. The van der Waals surface area contributed by atoms with Crippen molar-refractivity contribution in [3.8, 4) is 0 Å². The van der Waals surface area contributed by atoms with E-state index in [4.69, 9.17) is 15.3 Å². The first-order valence-corrected chi connectivity index (χ1v) is 5.26. The SMILES string of the molecule is OC1[C@H](O)C[Se]C[C@@H]1O. The predicted octanol–water partition coefficient (Wildman–Crippen LogP) is -1.38. The van der Waals surface area contributed by atoms with Crippen LogP contribution in [0, 0.1) is 0 Å². The molecule has 1 heterocycles. The first-order chi connectivity index (χ1) is 4.22. The molecule has 1 unspecified atom stereocenters. The second-order valence-electron chi connectivity index (χ2n) is 2.16. The zero-order valence-corrected chi connectivity index (χ0v) is 6.61. The molecule has 0 aromatic rings. The molecule has 0 bridgehead atoms. The van der Waals surface area contributed by atoms with Gasteiger partial charge in [-0.3, -0.25) is 0 Å². The molecular weight excluding hydrogens is 187 g/mol. The number of hydrogen-bond donors (Lipinski definition) is 3. The summed E-state index contributed by atoms with van der Waals surface area (Å²) in [6.07, 6.45) is -2.27. The molecule has 3 atom stereocenters. The summed E-state index contributed by atoms with van der Waals surface area (Å²) in [7, 11) is 0. The van der Waals surface area contributed by atoms with Crippen molar-refractivity contribution in [2.24, 2.45) is 0 Å². The second-order valence-corrected chi connectivity index (χ2v) is 4.42. The third-order valence-electron chi connectivity index (χ3n) is 1.37. The van der Waals surface area contributed by atoms with Gasteiger partial charge >= 0.3 is 59.2 Å². The fraction of sp³-hybridized carbons (Fsp3) is 1.00. The maximum absolute atomic E-state index is 8.96. The van der Waals surface area contributed by atoms with Crippen LogP contribution in [0.2, 0.25) is 10.6 Å². The molecule has 1 saturated heterocycles. The first kappa shape index (κ1) is 7.51. The van der Waals surface area contributed by atoms with Gasteiger partial charge in [0.05, 0.1) is 0 Å². The van der Waals surface area contributed by atoms with Gasteiger partial charge in [-0.05, 0) is 0 Å². The number of hydrogen-bond acceptors (Lipinski definition) is 3. The normalized spacial score (nSPS) is 45.0. The Morgan fingerprint density at radius 2 is 1.44 bits per heavy atom. The van der Waals surface area contributed by atoms with Crippen molar-refractivity contribution in [2.45, 2.75) is 29.0 Å². The van der Waals surface area contributed by atoms with E-state index in [2.05, 4.69) is 0 Å². The van der Waals surface area contributed by atoms with Gasteiger partial charge in [0.15, 0.2) is 0 Å². The number of aliphatic hydroxyl groups is 3. The maximum atomic E-state index is 8.96. The molecule has 1 fully saturated rings. The Hall–Kier alpha value is 0.399. The molecule has 0 amide bonds. The van der Waals surface area contributed by atoms with E-state index >= 15 is 0 Å². The third kappa shape index (κ3) is 1.66. The molecule has 1 aliphatic rings. The fourth-order valence-corrected chi connectivity index (χ4v) is 2.89. The molecule has 54 valence electrons. The quantitative estimate of drug-likeness (QED) is 0.419. The molecule has 4 heteroatoms. The summed E-state index contributed by atoms with van der Waals surface area (Å²) >= 11 is 0.318. The van der Waals surface area contributed by atoms with Gasteiger partial charge in [0.1, 0.15) is 0 Å². The van der Waals surface area contributed by atoms with Gasteiger partial charge in [0.25, 0.3) is 0 Å². The van der Waals surface area contributed by atoms with Gasteiger partial charge in [0, 0.05) is 0 Å². The molecule has 3 N–H and O–H groups in total. The van der Waals surface area contributed by atoms with E-state index in [1.165, 1.54) is 0 Å². The topological polar surface area (TPSA) is 60.7 Å². The van der Waals surface area contributed by atoms with E-state index in [-0.39, 0.29) is 0 Å². The summed E-state index contributed by atoms with van der Waals surface area (Å²) in [5, 5.41) is 28.2. The van der Waals surface area contributed by atoms with Gasteiger partial charge in [-0.2, -0.15) is 0 Å². The van der Waals surface area contributed by atoms with Crippen LogP contribution in [0.25, 0.3) is 0 Å². The molecule has 3 nitrogen and oxygen atoms in total. The van der Waals surface area contributed by atoms with Crippen LogP contribution in [-0.2, 0) is 0 Å². The standard InChI is InChI=1S/C5H10O3Se/c6-3-1-9-2-4(7)5(3)8/h3-8H,1-2H2/t3-,4+,5?. The van der Waals surface area contributed by atoms with Crippen LogP contribution in [0.3, 0.4) is 0 Å². The van der Waals surface area contributed by atoms with Crippen molar-refractivity contribution >= 4 is 15.0 Å². The van der Waals surface area contributed by atoms with Crippen molar-refractivity contribution in [3.63, 3.8) is 0 Å². The Kier molecular flexibility index (Phi) is 2.49. The van der Waals surface area contributed by atoms with E-state index in [9.17, 15) is 0 Å². The van der Waals surface area contributed by atoms with Gasteiger partial charge in [0.2, 0.25) is 0 Å². The molecule has 0 aromatic heterocycles. The monoisotopic (exact) mass is 198 g/mol. The first-order valence-electron chi connectivity index (χ1n) is 2.84. The third-order valence-corrected chi connectivity index (χ3v) is 3.79. The molecule has 0 radical (unpaired) electrons. The minimum atomic E-state index is -0.902. The Morgan fingerprint density at radius 1 is 1.00 bits per heavy atom. The van der Waals surface area contributed by atoms with Crippen molar-refractivity contribution in [3.05, 3.63) is 0 Å². The van der Waals surface area contributed by atoms with Crippen molar-refractivity contribution in [1.29, 1.82) is 0 Å². The van der Waals surface area contributed by atoms with Crippen LogP contribution in [-0.4, -0.2) is 48.6 Å². The van der Waals surface area contributed by atoms with Crippen molar-refractivity contribution in [1.82, 2.24) is 0 Å². The van der Waals surface area contributed by atoms with Crippen LogP contribution in [0.15, 0.2) is 0 Å². The van der Waals surface area contributed by atoms with Gasteiger partial charge in [-0.15, -0.1) is 0 Å². The van der Waals surface area contributed by atoms with E-state index in [1.54, 1.807) is 0 Å². The Labute approximate surface area is 59.9 Å². The van der Waals surface area contributed by atoms with Gasteiger partial charge in [-0.25, -0.2) is 0 Å². The number of rotatable bonds is 0. The van der Waals surface area contributed by atoms with Crippen LogP contribution >= 0.6 is 0 Å². The van der Waals surface area contributed by atoms with Crippen LogP contribution in [0.1, 0.15) is 0 Å². The Balaban J connectivity index is 2.41. The van der Waals surface area contributed by atoms with Crippen molar-refractivity contribution < 1.29 is 15.3 Å². The molecule has 0 spiro atoms. The van der Waals surface area contributed by atoms with Gasteiger partial charge < -0.3 is 0 Å². The molecular formula is C5H10O3Se. The van der Waals surface area contributed by atoms with Crippen LogP contribution in [0.4, 0.5) is 0 Å². The summed E-state index contributed by atoms with van der Waals surface area (Å²) in [5.74, 6) is 0. The van der Waals surface area contributed by atoms with Crippen molar-refractivity contribution in [2.75, 3.05) is 0 Å². The average molecular weight is 197 g/mol. The van der Waals surface area contributed by atoms with Crippen LogP contribution < -0.4 is 0 Å². The summed E-state index contributed by atoms with van der Waals surface area (Å²) in [6, 6.07) is 0. The average Bonchev–Trinajstić information content (AvgIpc) is 1.83. The zero-order valence-electron chi connectivity index (χ0n) is 4.90. The van der Waals surface area contributed by atoms with E-state index < -0.39 is 18.3 Å². The number of aliphatic hydroxyl groups excluding tert-OH is 3. The van der Waals surface area contributed by atoms with E-state index in [0.717, 1.165) is 0 Å². The molecule has 1 rings (SSSR count). The summed E-state index contributed by atoms with van der Waals surface area (Å²) in [4.78, 5) is 0.